The van der Waals surface area contributed by atoms with Gasteiger partial charge in [-0.25, -0.2) is 0 Å². The first-order valence-electron chi connectivity index (χ1n) is 7.56. The maximum atomic E-state index is 12.1. The molecule has 22 heavy (non-hydrogen) atoms. The molecule has 0 aliphatic rings. The van der Waals surface area contributed by atoms with E-state index in [9.17, 15) is 9.59 Å². The molecule has 0 bridgehead atoms. The van der Waals surface area contributed by atoms with Crippen LogP contribution in [0.5, 0.6) is 0 Å². The Balaban J connectivity index is 2.54. The molecule has 124 valence electrons. The van der Waals surface area contributed by atoms with Crippen molar-refractivity contribution in [2.45, 2.75) is 47.5 Å². The van der Waals surface area contributed by atoms with E-state index in [1.54, 1.807) is 13.8 Å². The van der Waals surface area contributed by atoms with E-state index < -0.39 is 11.4 Å². The highest BCUT2D eigenvalue weighted by molar-refractivity contribution is 5.79. The van der Waals surface area contributed by atoms with E-state index in [1.807, 2.05) is 32.5 Å². The van der Waals surface area contributed by atoms with Gasteiger partial charge in [-0.15, -0.1) is 0 Å². The van der Waals surface area contributed by atoms with Crippen molar-refractivity contribution in [3.63, 3.8) is 0 Å². The van der Waals surface area contributed by atoms with Crippen molar-refractivity contribution in [2.75, 3.05) is 6.54 Å². The highest BCUT2D eigenvalue weighted by Crippen LogP contribution is 2.20. The molecule has 1 heterocycles. The van der Waals surface area contributed by atoms with Crippen molar-refractivity contribution in [1.29, 1.82) is 0 Å². The van der Waals surface area contributed by atoms with Crippen LogP contribution in [0.2, 0.25) is 0 Å². The Labute approximate surface area is 131 Å². The number of carboxylic acid groups (broad SMARTS) is 1. The van der Waals surface area contributed by atoms with Crippen molar-refractivity contribution in [1.82, 2.24) is 15.1 Å². The highest BCUT2D eigenvalue weighted by Gasteiger charge is 2.27. The van der Waals surface area contributed by atoms with E-state index in [0.717, 1.165) is 17.0 Å². The minimum atomic E-state index is -0.851. The molecule has 6 heteroatoms. The summed E-state index contributed by atoms with van der Waals surface area (Å²) in [6, 6.07) is 0. The number of nitrogens with zero attached hydrogens (tertiary/aromatic N) is 2. The van der Waals surface area contributed by atoms with E-state index in [0.29, 0.717) is 19.4 Å². The van der Waals surface area contributed by atoms with Gasteiger partial charge in [0.05, 0.1) is 11.1 Å². The summed E-state index contributed by atoms with van der Waals surface area (Å²) in [5, 5.41) is 16.2. The molecular formula is C16H27N3O3. The lowest BCUT2D eigenvalue weighted by Crippen LogP contribution is -2.35. The van der Waals surface area contributed by atoms with Crippen LogP contribution in [0, 0.1) is 25.2 Å². The number of carboxylic acids is 1. The molecule has 0 saturated carbocycles. The molecular weight excluding hydrogens is 282 g/mol. The molecule has 1 amide bonds. The van der Waals surface area contributed by atoms with Crippen molar-refractivity contribution < 1.29 is 14.7 Å². The number of carbonyl (C=O) groups is 2. The Morgan fingerprint density at radius 2 is 1.95 bits per heavy atom. The fraction of sp³-hybridized carbons (Fsp3) is 0.688. The zero-order valence-corrected chi connectivity index (χ0v) is 14.4. The lowest BCUT2D eigenvalue weighted by Gasteiger charge is -2.20. The topological polar surface area (TPSA) is 84.2 Å². The molecule has 1 rings (SSSR count). The molecule has 0 spiro atoms. The number of aliphatic carboxylic acids is 1. The van der Waals surface area contributed by atoms with Crippen LogP contribution in [0.3, 0.4) is 0 Å². The summed E-state index contributed by atoms with van der Waals surface area (Å²) in [5.74, 6) is -1.07. The number of nitrogens with one attached hydrogen (secondary N) is 1. The summed E-state index contributed by atoms with van der Waals surface area (Å²) in [5.41, 5.74) is 2.30. The molecule has 1 atom stereocenters. The van der Waals surface area contributed by atoms with E-state index in [-0.39, 0.29) is 11.8 Å². The van der Waals surface area contributed by atoms with Gasteiger partial charge in [-0.05, 0) is 46.1 Å². The minimum Gasteiger partial charge on any atom is -0.481 e. The van der Waals surface area contributed by atoms with Crippen LogP contribution in [-0.4, -0.2) is 33.3 Å². The maximum absolute atomic E-state index is 12.1. The predicted octanol–water partition coefficient (Wildman–Crippen LogP) is 1.83. The van der Waals surface area contributed by atoms with Gasteiger partial charge in [-0.1, -0.05) is 6.92 Å². The Hall–Kier alpha value is -1.85. The summed E-state index contributed by atoms with van der Waals surface area (Å²) in [6.45, 7) is 9.51. The number of aryl methyl sites for hydroxylation is 2. The fourth-order valence-corrected chi connectivity index (χ4v) is 2.29. The second-order valence-electron chi connectivity index (χ2n) is 6.61. The molecule has 6 nitrogen and oxygen atoms in total. The van der Waals surface area contributed by atoms with Gasteiger partial charge in [0.25, 0.3) is 0 Å². The molecule has 2 N–H and O–H groups in total. The highest BCUT2D eigenvalue weighted by atomic mass is 16.4. The maximum Gasteiger partial charge on any atom is 0.309 e. The molecule has 0 fully saturated rings. The van der Waals surface area contributed by atoms with E-state index >= 15 is 0 Å². The fourth-order valence-electron chi connectivity index (χ4n) is 2.29. The summed E-state index contributed by atoms with van der Waals surface area (Å²) in [6.07, 6.45) is 1.05. The number of carbonyl (C=O) groups excluding carboxylic acids is 1. The van der Waals surface area contributed by atoms with E-state index in [4.69, 9.17) is 5.11 Å². The van der Waals surface area contributed by atoms with Crippen LogP contribution in [0.15, 0.2) is 0 Å². The Morgan fingerprint density at radius 3 is 2.41 bits per heavy atom. The van der Waals surface area contributed by atoms with Crippen molar-refractivity contribution in [3.05, 3.63) is 17.0 Å². The lowest BCUT2D eigenvalue weighted by atomic mass is 9.89. The summed E-state index contributed by atoms with van der Waals surface area (Å²) in [7, 11) is 1.89. The zero-order chi connectivity index (χ0) is 17.1. The normalized spacial score (nSPS) is 13.0. The lowest BCUT2D eigenvalue weighted by molar-refractivity contribution is -0.147. The molecule has 0 saturated heterocycles. The first kappa shape index (κ1) is 18.2. The van der Waals surface area contributed by atoms with Crippen LogP contribution in [-0.2, 0) is 23.1 Å². The third-order valence-corrected chi connectivity index (χ3v) is 4.24. The van der Waals surface area contributed by atoms with Gasteiger partial charge in [-0.2, -0.15) is 5.10 Å². The van der Waals surface area contributed by atoms with Gasteiger partial charge in [0.1, 0.15) is 0 Å². The molecule has 0 radical (unpaired) electrons. The van der Waals surface area contributed by atoms with Gasteiger partial charge in [-0.3, -0.25) is 14.3 Å². The molecule has 1 aromatic heterocycles. The summed E-state index contributed by atoms with van der Waals surface area (Å²) < 4.78 is 1.82. The number of amides is 1. The third-order valence-electron chi connectivity index (χ3n) is 4.24. The Morgan fingerprint density at radius 1 is 1.36 bits per heavy atom. The zero-order valence-electron chi connectivity index (χ0n) is 14.4. The van der Waals surface area contributed by atoms with Gasteiger partial charge in [0.2, 0.25) is 5.91 Å². The molecule has 0 aliphatic heterocycles. The SMILES string of the molecule is Cc1nn(C)c(C)c1CC(C)C(=O)NCCC(C)(C)C(=O)O. The second kappa shape index (κ2) is 6.94. The largest absolute Gasteiger partial charge is 0.481 e. The average Bonchev–Trinajstić information content (AvgIpc) is 2.64. The van der Waals surface area contributed by atoms with Gasteiger partial charge in [0.15, 0.2) is 0 Å². The third kappa shape index (κ3) is 4.32. The minimum absolute atomic E-state index is 0.0520. The summed E-state index contributed by atoms with van der Waals surface area (Å²) in [4.78, 5) is 23.2. The first-order chi connectivity index (χ1) is 10.1. The van der Waals surface area contributed by atoms with E-state index in [2.05, 4.69) is 10.4 Å². The number of hydrogen-bond donors (Lipinski definition) is 2. The number of rotatable bonds is 7. The Kier molecular flexibility index (Phi) is 5.74. The number of hydrogen-bond acceptors (Lipinski definition) is 3. The number of aromatic nitrogens is 2. The van der Waals surface area contributed by atoms with Crippen LogP contribution in [0.1, 0.15) is 44.1 Å². The molecule has 0 aliphatic carbocycles. The standard InChI is InChI=1S/C16H27N3O3/c1-10(9-13-11(2)18-19(6)12(13)3)14(20)17-8-7-16(4,5)15(21)22/h10H,7-9H2,1-6H3,(H,17,20)(H,21,22). The van der Waals surface area contributed by atoms with E-state index in [1.165, 1.54) is 0 Å². The molecule has 1 unspecified atom stereocenters. The van der Waals surface area contributed by atoms with Crippen LogP contribution in [0.4, 0.5) is 0 Å². The van der Waals surface area contributed by atoms with Crippen LogP contribution in [0.25, 0.3) is 0 Å². The molecule has 0 aromatic carbocycles. The summed E-state index contributed by atoms with van der Waals surface area (Å²) >= 11 is 0. The average molecular weight is 309 g/mol. The Bertz CT molecular complexity index is 561. The first-order valence-corrected chi connectivity index (χ1v) is 7.56. The van der Waals surface area contributed by atoms with Crippen molar-refractivity contribution in [3.8, 4) is 0 Å². The second-order valence-corrected chi connectivity index (χ2v) is 6.61. The monoisotopic (exact) mass is 309 g/mol. The van der Waals surface area contributed by atoms with Crippen LogP contribution < -0.4 is 5.32 Å². The smallest absolute Gasteiger partial charge is 0.309 e. The predicted molar refractivity (Wildman–Crippen MR) is 84.6 cm³/mol. The van der Waals surface area contributed by atoms with Crippen molar-refractivity contribution >= 4 is 11.9 Å². The van der Waals surface area contributed by atoms with Gasteiger partial charge < -0.3 is 10.4 Å². The van der Waals surface area contributed by atoms with Crippen molar-refractivity contribution in [2.24, 2.45) is 18.4 Å². The van der Waals surface area contributed by atoms with Gasteiger partial charge in [0, 0.05) is 25.2 Å². The van der Waals surface area contributed by atoms with Gasteiger partial charge >= 0.3 is 5.97 Å². The molecule has 1 aromatic rings. The van der Waals surface area contributed by atoms with Crippen LogP contribution >= 0.6 is 0 Å². The quantitative estimate of drug-likeness (QED) is 0.805.